The molecule has 1 aromatic carbocycles. The average Bonchev–Trinajstić information content (AvgIpc) is 3.43. The minimum absolute atomic E-state index is 0.0790. The first kappa shape index (κ1) is 27.1. The molecule has 1 aromatic rings. The lowest BCUT2D eigenvalue weighted by molar-refractivity contribution is -0.166. The molecule has 1 saturated carbocycles. The minimum atomic E-state index is 0.0790. The summed E-state index contributed by atoms with van der Waals surface area (Å²) in [6.07, 6.45) is 12.5. The molecule has 0 bridgehead atoms. The summed E-state index contributed by atoms with van der Waals surface area (Å²) in [4.78, 5) is 0. The van der Waals surface area contributed by atoms with Crippen molar-refractivity contribution in [3.63, 3.8) is 0 Å². The molecular weight excluding hydrogens is 468 g/mol. The van der Waals surface area contributed by atoms with Gasteiger partial charge in [-0.15, -0.1) is 0 Å². The van der Waals surface area contributed by atoms with Gasteiger partial charge < -0.3 is 0 Å². The van der Waals surface area contributed by atoms with E-state index < -0.39 is 0 Å². The molecule has 5 unspecified atom stereocenters. The zero-order valence-electron chi connectivity index (χ0n) is 26.8. The van der Waals surface area contributed by atoms with Crippen molar-refractivity contribution < 1.29 is 0 Å². The summed E-state index contributed by atoms with van der Waals surface area (Å²) in [6.45, 7) is 30.4. The summed E-state index contributed by atoms with van der Waals surface area (Å²) >= 11 is 0. The van der Waals surface area contributed by atoms with Gasteiger partial charge in [-0.05, 0) is 92.6 Å². The van der Waals surface area contributed by atoms with E-state index in [4.69, 9.17) is 0 Å². The van der Waals surface area contributed by atoms with Crippen molar-refractivity contribution in [3.05, 3.63) is 87.6 Å². The van der Waals surface area contributed by atoms with Crippen molar-refractivity contribution in [3.8, 4) is 0 Å². The van der Waals surface area contributed by atoms with Crippen LogP contribution in [-0.2, 0) is 6.42 Å². The monoisotopic (exact) mass is 520 g/mol. The van der Waals surface area contributed by atoms with Gasteiger partial charge in [-0.3, -0.25) is 0 Å². The van der Waals surface area contributed by atoms with Crippen LogP contribution < -0.4 is 0 Å². The van der Waals surface area contributed by atoms with Gasteiger partial charge in [-0.2, -0.15) is 0 Å². The van der Waals surface area contributed by atoms with Crippen LogP contribution in [0.4, 0.5) is 0 Å². The highest BCUT2D eigenvalue weighted by atomic mass is 14.7. The largest absolute Gasteiger partial charge is 0.0839 e. The van der Waals surface area contributed by atoms with Crippen molar-refractivity contribution >= 4 is 5.57 Å². The number of benzene rings is 1. The molecule has 0 heteroatoms. The van der Waals surface area contributed by atoms with Crippen LogP contribution in [0.5, 0.6) is 0 Å². The van der Waals surface area contributed by atoms with E-state index in [0.29, 0.717) is 23.7 Å². The molecule has 0 saturated heterocycles. The third-order valence-corrected chi connectivity index (χ3v) is 13.8. The number of hydrogen-bond acceptors (Lipinski definition) is 0. The van der Waals surface area contributed by atoms with Crippen molar-refractivity contribution in [1.29, 1.82) is 0 Å². The molecule has 1 fully saturated rings. The smallest absolute Gasteiger partial charge is 0.00210 e. The van der Waals surface area contributed by atoms with Crippen molar-refractivity contribution in [1.82, 2.24) is 0 Å². The molecule has 39 heavy (non-hydrogen) atoms. The summed E-state index contributed by atoms with van der Waals surface area (Å²) in [6, 6.07) is 9.31. The van der Waals surface area contributed by atoms with Crippen LogP contribution in [0, 0.1) is 50.7 Å². The van der Waals surface area contributed by atoms with Crippen LogP contribution >= 0.6 is 0 Å². The molecule has 0 spiro atoms. The molecule has 0 amide bonds. The Kier molecular flexibility index (Phi) is 5.57. The van der Waals surface area contributed by atoms with Crippen LogP contribution in [0.15, 0.2) is 76.4 Å². The zero-order valence-corrected chi connectivity index (χ0v) is 26.8. The van der Waals surface area contributed by atoms with E-state index in [0.717, 1.165) is 6.42 Å². The fraction of sp³-hybridized carbons (Fsp3) is 0.590. The Morgan fingerprint density at radius 1 is 0.897 bits per heavy atom. The summed E-state index contributed by atoms with van der Waals surface area (Å²) < 4.78 is 0. The van der Waals surface area contributed by atoms with E-state index in [-0.39, 0.29) is 27.1 Å². The quantitative estimate of drug-likeness (QED) is 0.345. The van der Waals surface area contributed by atoms with Gasteiger partial charge in [0.05, 0.1) is 0 Å². The summed E-state index contributed by atoms with van der Waals surface area (Å²) in [5, 5.41) is 0. The molecule has 0 radical (unpaired) electrons. The number of allylic oxidation sites excluding steroid dienone is 10. The van der Waals surface area contributed by atoms with Crippen LogP contribution in [0.2, 0.25) is 0 Å². The lowest BCUT2D eigenvalue weighted by Crippen LogP contribution is -2.65. The number of rotatable bonds is 1. The normalized spacial score (nSPS) is 35.7. The Balaban J connectivity index is 1.67. The molecule has 5 aliphatic rings. The Morgan fingerprint density at radius 2 is 1.56 bits per heavy atom. The van der Waals surface area contributed by atoms with Gasteiger partial charge in [0.25, 0.3) is 0 Å². The molecule has 0 N–H and O–H groups in total. The molecule has 0 aliphatic heterocycles. The maximum absolute atomic E-state index is 2.71. The highest BCUT2D eigenvalue weighted by molar-refractivity contribution is 5.92. The second-order valence-corrected chi connectivity index (χ2v) is 16.5. The molecule has 5 atom stereocenters. The van der Waals surface area contributed by atoms with Gasteiger partial charge in [-0.1, -0.05) is 136 Å². The van der Waals surface area contributed by atoms with Gasteiger partial charge in [0.15, 0.2) is 0 Å². The number of fused-ring (bicyclic) bond motifs is 6. The molecule has 0 heterocycles. The maximum atomic E-state index is 2.71. The van der Waals surface area contributed by atoms with E-state index in [2.05, 4.69) is 132 Å². The Labute approximate surface area is 239 Å². The molecular formula is C39H52. The Bertz CT molecular complexity index is 1400. The minimum Gasteiger partial charge on any atom is -0.0839 e. The highest BCUT2D eigenvalue weighted by Gasteiger charge is 2.69. The predicted octanol–water partition coefficient (Wildman–Crippen LogP) is 10.8. The summed E-state index contributed by atoms with van der Waals surface area (Å²) in [5.41, 5.74) is 13.6. The second-order valence-electron chi connectivity index (χ2n) is 16.5. The van der Waals surface area contributed by atoms with Crippen LogP contribution in [-0.4, -0.2) is 0 Å². The first-order valence-corrected chi connectivity index (χ1v) is 15.6. The molecule has 0 aromatic heterocycles. The van der Waals surface area contributed by atoms with Gasteiger partial charge in [0, 0.05) is 11.3 Å². The topological polar surface area (TPSA) is 0 Å². The summed E-state index contributed by atoms with van der Waals surface area (Å²) in [7, 11) is 0. The van der Waals surface area contributed by atoms with E-state index >= 15 is 0 Å². The van der Waals surface area contributed by atoms with Crippen LogP contribution in [0.3, 0.4) is 0 Å². The number of hydrogen-bond donors (Lipinski definition) is 0. The second kappa shape index (κ2) is 8.02. The molecule has 208 valence electrons. The SMILES string of the molecule is CC1=CC(C(C)(C)C)=CC1C1CC=CC2=C3C(=C4C(C)C(C)(C)C(C)(C)C(C)(C)C4(C)C21)Cc1ccccc13. The third kappa shape index (κ3) is 3.18. The molecule has 6 rings (SSSR count). The van der Waals surface area contributed by atoms with Gasteiger partial charge in [-0.25, -0.2) is 0 Å². The van der Waals surface area contributed by atoms with Gasteiger partial charge >= 0.3 is 0 Å². The highest BCUT2D eigenvalue weighted by Crippen LogP contribution is 2.77. The van der Waals surface area contributed by atoms with E-state index in [1.807, 2.05) is 0 Å². The maximum Gasteiger partial charge on any atom is 0.00210 e. The first-order chi connectivity index (χ1) is 18.0. The lowest BCUT2D eigenvalue weighted by Gasteiger charge is -2.72. The Morgan fingerprint density at radius 3 is 2.21 bits per heavy atom. The fourth-order valence-corrected chi connectivity index (χ4v) is 9.99. The van der Waals surface area contributed by atoms with E-state index in [9.17, 15) is 0 Å². The first-order valence-electron chi connectivity index (χ1n) is 15.6. The van der Waals surface area contributed by atoms with E-state index in [1.165, 1.54) is 23.1 Å². The zero-order chi connectivity index (χ0) is 28.5. The van der Waals surface area contributed by atoms with Gasteiger partial charge in [0.2, 0.25) is 0 Å². The van der Waals surface area contributed by atoms with Crippen molar-refractivity contribution in [2.45, 2.75) is 95.9 Å². The Hall–Kier alpha value is -2.08. The van der Waals surface area contributed by atoms with Crippen LogP contribution in [0.1, 0.15) is 101 Å². The standard InChI is InChI=1S/C39H52/c1-23-20-26(35(3,4)5)22-30(23)28-18-15-19-29-32-27-17-14-13-16-25(27)21-31(32)33-24(2)36(6,7)37(8,9)38(10,11)39(33,12)34(28)29/h13-17,19-20,22,24,28,30,34H,18,21H2,1-12H3. The van der Waals surface area contributed by atoms with Gasteiger partial charge in [0.1, 0.15) is 0 Å². The fourth-order valence-electron chi connectivity index (χ4n) is 9.99. The third-order valence-electron chi connectivity index (χ3n) is 13.8. The average molecular weight is 521 g/mol. The van der Waals surface area contributed by atoms with Crippen LogP contribution in [0.25, 0.3) is 5.57 Å². The summed E-state index contributed by atoms with van der Waals surface area (Å²) in [5.74, 6) is 2.11. The predicted molar refractivity (Wildman–Crippen MR) is 168 cm³/mol. The van der Waals surface area contributed by atoms with Crippen molar-refractivity contribution in [2.24, 2.45) is 50.7 Å². The lowest BCUT2D eigenvalue weighted by atomic mass is 9.32. The van der Waals surface area contributed by atoms with Crippen molar-refractivity contribution in [2.75, 3.05) is 0 Å². The molecule has 0 nitrogen and oxygen atoms in total. The van der Waals surface area contributed by atoms with E-state index in [1.54, 1.807) is 27.9 Å². The molecule has 5 aliphatic carbocycles.